The number of aryl methyl sites for hydroxylation is 2. The van der Waals surface area contributed by atoms with E-state index >= 15 is 0 Å². The molecule has 1 saturated heterocycles. The SMILES string of the molecule is Cc1cn2cc(NC(=O)N3CCc4c(N5CCN[C@@H](C)C5)ccnc43)c(F)c(C)c2n1.O=C(O)C(F)(F)F. The molecule has 0 saturated carbocycles. The quantitative estimate of drug-likeness (QED) is 0.429. The van der Waals surface area contributed by atoms with Gasteiger partial charge in [0, 0.05) is 67.6 Å². The van der Waals surface area contributed by atoms with Crippen molar-refractivity contribution < 1.29 is 32.3 Å². The van der Waals surface area contributed by atoms with Gasteiger partial charge in [0.15, 0.2) is 5.82 Å². The number of halogens is 4. The predicted octanol–water partition coefficient (Wildman–Crippen LogP) is 3.51. The van der Waals surface area contributed by atoms with E-state index in [1.807, 2.05) is 19.2 Å². The van der Waals surface area contributed by atoms with Crippen molar-refractivity contribution in [1.29, 1.82) is 0 Å². The van der Waals surface area contributed by atoms with Gasteiger partial charge in [-0.3, -0.25) is 4.90 Å². The second-order valence-corrected chi connectivity index (χ2v) is 9.16. The van der Waals surface area contributed by atoms with Crippen molar-refractivity contribution in [2.75, 3.05) is 41.3 Å². The third-order valence-electron chi connectivity index (χ3n) is 6.31. The minimum atomic E-state index is -5.08. The lowest BCUT2D eigenvalue weighted by molar-refractivity contribution is -0.192. The Bertz CT molecular complexity index is 1380. The summed E-state index contributed by atoms with van der Waals surface area (Å²) in [6, 6.07) is 2.05. The van der Waals surface area contributed by atoms with Crippen LogP contribution in [0, 0.1) is 19.7 Å². The van der Waals surface area contributed by atoms with Crippen molar-refractivity contribution in [3.8, 4) is 0 Å². The van der Waals surface area contributed by atoms with Crippen LogP contribution in [0.2, 0.25) is 0 Å². The number of hydrogen-bond acceptors (Lipinski definition) is 6. The number of carbonyl (C=O) groups is 2. The van der Waals surface area contributed by atoms with E-state index in [0.717, 1.165) is 43.0 Å². The number of amides is 2. The van der Waals surface area contributed by atoms with Gasteiger partial charge in [0.1, 0.15) is 11.5 Å². The van der Waals surface area contributed by atoms with Crippen LogP contribution in [0.15, 0.2) is 24.7 Å². The molecule has 5 rings (SSSR count). The number of carboxylic acid groups (broad SMARTS) is 1. The van der Waals surface area contributed by atoms with E-state index < -0.39 is 18.0 Å². The first-order chi connectivity index (χ1) is 17.9. The normalized spacial score (nSPS) is 17.2. The third kappa shape index (κ3) is 5.49. The number of nitrogens with one attached hydrogen (secondary N) is 2. The van der Waals surface area contributed by atoms with Crippen LogP contribution in [0.4, 0.5) is 39.5 Å². The Hall–Kier alpha value is -3.94. The monoisotopic (exact) mass is 537 g/mol. The van der Waals surface area contributed by atoms with Gasteiger partial charge in [0.2, 0.25) is 0 Å². The predicted molar refractivity (Wildman–Crippen MR) is 132 cm³/mol. The number of hydrogen-bond donors (Lipinski definition) is 3. The second-order valence-electron chi connectivity index (χ2n) is 9.16. The molecule has 1 fully saturated rings. The fourth-order valence-corrected chi connectivity index (χ4v) is 4.58. The Balaban J connectivity index is 0.000000426. The van der Waals surface area contributed by atoms with Crippen LogP contribution in [0.1, 0.15) is 23.7 Å². The number of imidazole rings is 1. The number of nitrogens with zero attached hydrogens (tertiary/aromatic N) is 5. The van der Waals surface area contributed by atoms with Gasteiger partial charge >= 0.3 is 18.2 Å². The Morgan fingerprint density at radius 2 is 1.92 bits per heavy atom. The van der Waals surface area contributed by atoms with E-state index in [2.05, 4.69) is 32.4 Å². The van der Waals surface area contributed by atoms with Gasteiger partial charge in [-0.25, -0.2) is 23.9 Å². The summed E-state index contributed by atoms with van der Waals surface area (Å²) in [7, 11) is 0. The maximum absolute atomic E-state index is 14.9. The topological polar surface area (TPSA) is 115 Å². The maximum atomic E-state index is 14.9. The fraction of sp³-hybridized carbons (Fsp3) is 0.417. The van der Waals surface area contributed by atoms with Crippen LogP contribution in [-0.4, -0.2) is 69.9 Å². The van der Waals surface area contributed by atoms with Gasteiger partial charge in [0.05, 0.1) is 11.4 Å². The van der Waals surface area contributed by atoms with Crippen LogP contribution in [0.5, 0.6) is 0 Å². The van der Waals surface area contributed by atoms with Crippen molar-refractivity contribution in [2.45, 2.75) is 39.4 Å². The molecule has 0 spiro atoms. The van der Waals surface area contributed by atoms with E-state index in [1.165, 1.54) is 0 Å². The summed E-state index contributed by atoms with van der Waals surface area (Å²) in [5, 5.41) is 13.3. The number of aromatic nitrogens is 3. The fourth-order valence-electron chi connectivity index (χ4n) is 4.58. The van der Waals surface area contributed by atoms with Crippen LogP contribution in [0.3, 0.4) is 0 Å². The van der Waals surface area contributed by atoms with E-state index in [4.69, 9.17) is 9.90 Å². The molecule has 1 atom stereocenters. The number of piperazine rings is 1. The second kappa shape index (κ2) is 10.4. The summed E-state index contributed by atoms with van der Waals surface area (Å²) < 4.78 is 48.4. The first-order valence-electron chi connectivity index (χ1n) is 11.9. The smallest absolute Gasteiger partial charge is 0.475 e. The number of alkyl halides is 3. The molecule has 3 aromatic heterocycles. The summed E-state index contributed by atoms with van der Waals surface area (Å²) in [6.07, 6.45) is 0.770. The van der Waals surface area contributed by atoms with E-state index in [-0.39, 0.29) is 11.7 Å². The molecular weight excluding hydrogens is 510 g/mol. The third-order valence-corrected chi connectivity index (χ3v) is 6.31. The average Bonchev–Trinajstić information content (AvgIpc) is 3.45. The number of aliphatic carboxylic acids is 1. The number of rotatable bonds is 2. The zero-order chi connectivity index (χ0) is 27.8. The van der Waals surface area contributed by atoms with Gasteiger partial charge in [0.25, 0.3) is 0 Å². The van der Waals surface area contributed by atoms with Crippen molar-refractivity contribution >= 4 is 34.8 Å². The minimum Gasteiger partial charge on any atom is -0.475 e. The summed E-state index contributed by atoms with van der Waals surface area (Å²) >= 11 is 0. The van der Waals surface area contributed by atoms with Crippen LogP contribution < -0.4 is 20.4 Å². The van der Waals surface area contributed by atoms with Crippen LogP contribution in [-0.2, 0) is 11.2 Å². The molecule has 204 valence electrons. The molecule has 0 aromatic carbocycles. The molecule has 14 heteroatoms. The van der Waals surface area contributed by atoms with E-state index in [1.54, 1.807) is 28.6 Å². The highest BCUT2D eigenvalue weighted by atomic mass is 19.4. The highest BCUT2D eigenvalue weighted by Gasteiger charge is 2.38. The van der Waals surface area contributed by atoms with E-state index in [9.17, 15) is 22.4 Å². The summed E-state index contributed by atoms with van der Waals surface area (Å²) in [5.41, 5.74) is 4.08. The molecule has 3 aromatic rings. The van der Waals surface area contributed by atoms with Gasteiger partial charge in [-0.05, 0) is 33.3 Å². The number of pyridine rings is 2. The Labute approximate surface area is 215 Å². The van der Waals surface area contributed by atoms with Crippen molar-refractivity contribution in [1.82, 2.24) is 19.7 Å². The Morgan fingerprint density at radius 3 is 2.58 bits per heavy atom. The van der Waals surface area contributed by atoms with Gasteiger partial charge < -0.3 is 25.0 Å². The molecular formula is C24H27F4N7O3. The number of carboxylic acids is 1. The van der Waals surface area contributed by atoms with Gasteiger partial charge in [-0.1, -0.05) is 0 Å². The molecule has 5 heterocycles. The van der Waals surface area contributed by atoms with Gasteiger partial charge in [-0.2, -0.15) is 13.2 Å². The van der Waals surface area contributed by atoms with Crippen molar-refractivity contribution in [3.05, 3.63) is 47.3 Å². The van der Waals surface area contributed by atoms with E-state index in [0.29, 0.717) is 29.6 Å². The lowest BCUT2D eigenvalue weighted by Crippen LogP contribution is -2.49. The maximum Gasteiger partial charge on any atom is 0.490 e. The number of fused-ring (bicyclic) bond motifs is 2. The highest BCUT2D eigenvalue weighted by Crippen LogP contribution is 2.35. The summed E-state index contributed by atoms with van der Waals surface area (Å²) in [6.45, 7) is 8.96. The molecule has 0 aliphatic carbocycles. The Kier molecular flexibility index (Phi) is 7.44. The first kappa shape index (κ1) is 27.1. The molecule has 2 amide bonds. The minimum absolute atomic E-state index is 0.132. The molecule has 0 unspecified atom stereocenters. The van der Waals surface area contributed by atoms with Crippen LogP contribution >= 0.6 is 0 Å². The van der Waals surface area contributed by atoms with Crippen molar-refractivity contribution in [3.63, 3.8) is 0 Å². The van der Waals surface area contributed by atoms with Crippen LogP contribution in [0.25, 0.3) is 5.65 Å². The molecule has 0 bridgehead atoms. The largest absolute Gasteiger partial charge is 0.490 e. The zero-order valence-corrected chi connectivity index (χ0v) is 20.9. The van der Waals surface area contributed by atoms with Crippen molar-refractivity contribution in [2.24, 2.45) is 0 Å². The lowest BCUT2D eigenvalue weighted by atomic mass is 10.1. The first-order valence-corrected chi connectivity index (χ1v) is 11.9. The summed E-state index contributed by atoms with van der Waals surface area (Å²) in [4.78, 5) is 34.8. The standard InChI is InChI=1S/C22H26FN7O.C2HF3O2/c1-13-10-28(9-7-24-13)18-4-6-25-21-16(18)5-8-30(21)22(31)27-17-12-29-11-14(2)26-20(29)15(3)19(17)23;3-2(4,5)1(6)7/h4,6,11-13,24H,5,7-10H2,1-3H3,(H,27,31);(H,6,7)/t13-;/m0./s1. The zero-order valence-electron chi connectivity index (χ0n) is 20.9. The molecule has 0 radical (unpaired) electrons. The molecule has 2 aliphatic rings. The molecule has 3 N–H and O–H groups in total. The number of anilines is 3. The van der Waals surface area contributed by atoms with Gasteiger partial charge in [-0.15, -0.1) is 0 Å². The highest BCUT2D eigenvalue weighted by molar-refractivity contribution is 6.03. The summed E-state index contributed by atoms with van der Waals surface area (Å²) in [5.74, 6) is -2.58. The average molecular weight is 538 g/mol. The number of carbonyl (C=O) groups excluding carboxylic acids is 1. The molecule has 38 heavy (non-hydrogen) atoms. The number of urea groups is 1. The molecule has 10 nitrogen and oxygen atoms in total. The Morgan fingerprint density at radius 1 is 1.21 bits per heavy atom. The molecule has 2 aliphatic heterocycles. The lowest BCUT2D eigenvalue weighted by Gasteiger charge is -2.34.